The molecule has 0 aliphatic heterocycles. The van der Waals surface area contributed by atoms with Gasteiger partial charge >= 0.3 is 0 Å². The Hall–Kier alpha value is -1.34. The molecule has 20 heavy (non-hydrogen) atoms. The molecular formula is C13H21BrN6. The van der Waals surface area contributed by atoms with Crippen LogP contribution in [0.25, 0.3) is 5.65 Å². The molecule has 2 aromatic heterocycles. The maximum atomic E-state index is 5.95. The first-order chi connectivity index (χ1) is 9.61. The molecule has 2 heterocycles. The largest absolute Gasteiger partial charge is 0.383 e. The Bertz CT molecular complexity index is 567. The van der Waals surface area contributed by atoms with Gasteiger partial charge in [0.2, 0.25) is 0 Å². The second-order valence-electron chi connectivity index (χ2n) is 4.86. The number of nitrogen functional groups attached to an aromatic ring is 1. The van der Waals surface area contributed by atoms with Crippen molar-refractivity contribution in [1.29, 1.82) is 0 Å². The summed E-state index contributed by atoms with van der Waals surface area (Å²) in [5.74, 6) is 1.35. The van der Waals surface area contributed by atoms with Crippen LogP contribution < -0.4 is 16.4 Å². The van der Waals surface area contributed by atoms with E-state index in [1.165, 1.54) is 0 Å². The van der Waals surface area contributed by atoms with Gasteiger partial charge in [0.15, 0.2) is 5.65 Å². The van der Waals surface area contributed by atoms with Gasteiger partial charge in [-0.1, -0.05) is 6.92 Å². The highest BCUT2D eigenvalue weighted by Gasteiger charge is 2.08. The third-order valence-corrected chi connectivity index (χ3v) is 3.64. The number of nitrogens with one attached hydrogen (secondary N) is 2. The van der Waals surface area contributed by atoms with Gasteiger partial charge in [-0.05, 0) is 42.2 Å². The van der Waals surface area contributed by atoms with Crippen molar-refractivity contribution in [3.63, 3.8) is 0 Å². The van der Waals surface area contributed by atoms with Crippen LogP contribution in [0.1, 0.15) is 26.7 Å². The van der Waals surface area contributed by atoms with E-state index >= 15 is 0 Å². The summed E-state index contributed by atoms with van der Waals surface area (Å²) < 4.78 is 2.45. The summed E-state index contributed by atoms with van der Waals surface area (Å²) in [6, 6.07) is 2.29. The highest BCUT2D eigenvalue weighted by molar-refractivity contribution is 9.10. The first kappa shape index (κ1) is 15.1. The van der Waals surface area contributed by atoms with E-state index in [4.69, 9.17) is 5.73 Å². The van der Waals surface area contributed by atoms with Crippen molar-refractivity contribution >= 4 is 33.2 Å². The van der Waals surface area contributed by atoms with Crippen molar-refractivity contribution in [3.8, 4) is 0 Å². The van der Waals surface area contributed by atoms with E-state index in [1.54, 1.807) is 16.8 Å². The second-order valence-corrected chi connectivity index (χ2v) is 5.72. The number of halogens is 1. The van der Waals surface area contributed by atoms with Crippen molar-refractivity contribution in [2.45, 2.75) is 32.7 Å². The van der Waals surface area contributed by atoms with Gasteiger partial charge in [-0.2, -0.15) is 9.61 Å². The Morgan fingerprint density at radius 2 is 2.25 bits per heavy atom. The Kier molecular flexibility index (Phi) is 5.19. The molecule has 1 atom stereocenters. The van der Waals surface area contributed by atoms with Crippen LogP contribution in [0.3, 0.4) is 0 Å². The number of nitrogens with two attached hydrogens (primary N) is 1. The van der Waals surface area contributed by atoms with Crippen LogP contribution in [-0.2, 0) is 0 Å². The number of nitrogens with zero attached hydrogens (tertiary/aromatic N) is 3. The molecule has 0 aliphatic carbocycles. The number of aromatic nitrogens is 3. The summed E-state index contributed by atoms with van der Waals surface area (Å²) in [6.45, 7) is 6.27. The van der Waals surface area contributed by atoms with Crippen LogP contribution in [0.4, 0.5) is 11.6 Å². The maximum Gasteiger partial charge on any atom is 0.173 e. The van der Waals surface area contributed by atoms with E-state index in [9.17, 15) is 0 Å². The summed E-state index contributed by atoms with van der Waals surface area (Å²) in [7, 11) is 0. The van der Waals surface area contributed by atoms with Crippen molar-refractivity contribution in [2.75, 3.05) is 24.1 Å². The fraction of sp³-hybridized carbons (Fsp3) is 0.538. The molecule has 0 radical (unpaired) electrons. The fourth-order valence-electron chi connectivity index (χ4n) is 1.96. The zero-order valence-electron chi connectivity index (χ0n) is 11.9. The lowest BCUT2D eigenvalue weighted by atomic mass is 10.2. The standard InChI is InChI=1S/C13H21BrN6/c1-3-5-16-9(2)4-6-17-12-7-11(15)20-13(19-12)10(14)8-18-20/h7-9,16H,3-6,15H2,1-2H3,(H,17,19). The van der Waals surface area contributed by atoms with E-state index < -0.39 is 0 Å². The molecule has 1 unspecified atom stereocenters. The number of hydrogen-bond donors (Lipinski definition) is 3. The molecule has 110 valence electrons. The van der Waals surface area contributed by atoms with Gasteiger partial charge in [-0.15, -0.1) is 0 Å². The van der Waals surface area contributed by atoms with Crippen molar-refractivity contribution in [3.05, 3.63) is 16.7 Å². The molecule has 2 rings (SSSR count). The number of rotatable bonds is 7. The fourth-order valence-corrected chi connectivity index (χ4v) is 2.31. The lowest BCUT2D eigenvalue weighted by Gasteiger charge is -2.14. The third-order valence-electron chi connectivity index (χ3n) is 3.08. The molecular weight excluding hydrogens is 320 g/mol. The predicted octanol–water partition coefficient (Wildman–Crippen LogP) is 2.26. The molecule has 0 aliphatic rings. The van der Waals surface area contributed by atoms with Crippen molar-refractivity contribution in [2.24, 2.45) is 0 Å². The topological polar surface area (TPSA) is 80.3 Å². The minimum absolute atomic E-state index is 0.491. The van der Waals surface area contributed by atoms with Gasteiger partial charge in [-0.25, -0.2) is 4.98 Å². The number of hydrogen-bond acceptors (Lipinski definition) is 5. The van der Waals surface area contributed by atoms with Gasteiger partial charge in [0.25, 0.3) is 0 Å². The average molecular weight is 341 g/mol. The molecule has 0 spiro atoms. The summed E-state index contributed by atoms with van der Waals surface area (Å²) in [5.41, 5.74) is 6.68. The molecule has 0 bridgehead atoms. The number of fused-ring (bicyclic) bond motifs is 1. The van der Waals surface area contributed by atoms with Crippen LogP contribution in [0.15, 0.2) is 16.7 Å². The lowest BCUT2D eigenvalue weighted by Crippen LogP contribution is -2.28. The molecule has 6 nitrogen and oxygen atoms in total. The van der Waals surface area contributed by atoms with E-state index in [2.05, 4.69) is 50.5 Å². The normalized spacial score (nSPS) is 12.8. The van der Waals surface area contributed by atoms with Gasteiger partial charge in [-0.3, -0.25) is 0 Å². The Labute approximate surface area is 127 Å². The van der Waals surface area contributed by atoms with Crippen LogP contribution in [0.5, 0.6) is 0 Å². The summed E-state index contributed by atoms with van der Waals surface area (Å²) in [5, 5.41) is 10.9. The SMILES string of the molecule is CCCNC(C)CCNc1cc(N)n2ncc(Br)c2n1. The minimum Gasteiger partial charge on any atom is -0.383 e. The quantitative estimate of drug-likeness (QED) is 0.720. The summed E-state index contributed by atoms with van der Waals surface area (Å²) in [6.07, 6.45) is 3.88. The molecule has 2 aromatic rings. The third kappa shape index (κ3) is 3.61. The molecule has 0 aromatic carbocycles. The maximum absolute atomic E-state index is 5.95. The predicted molar refractivity (Wildman–Crippen MR) is 86.0 cm³/mol. The monoisotopic (exact) mass is 340 g/mol. The van der Waals surface area contributed by atoms with E-state index in [-0.39, 0.29) is 0 Å². The minimum atomic E-state index is 0.491. The summed E-state index contributed by atoms with van der Waals surface area (Å²) in [4.78, 5) is 4.50. The van der Waals surface area contributed by atoms with Crippen LogP contribution in [-0.4, -0.2) is 33.7 Å². The van der Waals surface area contributed by atoms with Crippen molar-refractivity contribution in [1.82, 2.24) is 19.9 Å². The van der Waals surface area contributed by atoms with Crippen molar-refractivity contribution < 1.29 is 0 Å². The highest BCUT2D eigenvalue weighted by Crippen LogP contribution is 2.20. The lowest BCUT2D eigenvalue weighted by molar-refractivity contribution is 0.524. The molecule has 7 heteroatoms. The Morgan fingerprint density at radius 1 is 1.45 bits per heavy atom. The molecule has 0 saturated carbocycles. The van der Waals surface area contributed by atoms with Crippen LogP contribution in [0.2, 0.25) is 0 Å². The first-order valence-corrected chi connectivity index (χ1v) is 7.68. The van der Waals surface area contributed by atoms with Crippen LogP contribution in [0, 0.1) is 0 Å². The Balaban J connectivity index is 1.95. The molecule has 0 amide bonds. The molecule has 4 N–H and O–H groups in total. The first-order valence-electron chi connectivity index (χ1n) is 6.88. The van der Waals surface area contributed by atoms with E-state index in [0.717, 1.165) is 41.9 Å². The summed E-state index contributed by atoms with van der Waals surface area (Å²) >= 11 is 3.42. The molecule has 0 saturated heterocycles. The highest BCUT2D eigenvalue weighted by atomic mass is 79.9. The Morgan fingerprint density at radius 3 is 3.00 bits per heavy atom. The second kappa shape index (κ2) is 6.90. The number of anilines is 2. The van der Waals surface area contributed by atoms with Gasteiger partial charge < -0.3 is 16.4 Å². The smallest absolute Gasteiger partial charge is 0.173 e. The van der Waals surface area contributed by atoms with Crippen LogP contribution >= 0.6 is 15.9 Å². The zero-order valence-corrected chi connectivity index (χ0v) is 13.4. The van der Waals surface area contributed by atoms with Gasteiger partial charge in [0.1, 0.15) is 11.6 Å². The van der Waals surface area contributed by atoms with Gasteiger partial charge in [0.05, 0.1) is 10.7 Å². The van der Waals surface area contributed by atoms with E-state index in [0.29, 0.717) is 11.9 Å². The molecule has 0 fully saturated rings. The zero-order chi connectivity index (χ0) is 14.5. The van der Waals surface area contributed by atoms with E-state index in [1.807, 2.05) is 0 Å². The average Bonchev–Trinajstić information content (AvgIpc) is 2.79. The van der Waals surface area contributed by atoms with Gasteiger partial charge in [0, 0.05) is 18.7 Å².